The molecule has 0 aromatic heterocycles. The first kappa shape index (κ1) is 16.5. The minimum absolute atomic E-state index is 0.0796. The summed E-state index contributed by atoms with van der Waals surface area (Å²) in [5.41, 5.74) is 4.86. The van der Waals surface area contributed by atoms with Crippen LogP contribution in [-0.2, 0) is 9.53 Å². The second-order valence-electron chi connectivity index (χ2n) is 5.15. The topological polar surface area (TPSA) is 50.4 Å². The van der Waals surface area contributed by atoms with E-state index in [1.165, 1.54) is 16.7 Å². The molecule has 0 bridgehead atoms. The number of aryl methyl sites for hydroxylation is 3. The van der Waals surface area contributed by atoms with Crippen LogP contribution in [0.5, 0.6) is 0 Å². The first-order valence-electron chi connectivity index (χ1n) is 7.12. The van der Waals surface area contributed by atoms with Gasteiger partial charge < -0.3 is 15.4 Å². The fraction of sp³-hybridized carbons (Fsp3) is 0.562. The van der Waals surface area contributed by atoms with Crippen LogP contribution in [0.1, 0.15) is 29.5 Å². The Bertz CT molecular complexity index is 421. The number of carbonyl (C=O) groups is 1. The molecule has 0 fully saturated rings. The quantitative estimate of drug-likeness (QED) is 0.719. The van der Waals surface area contributed by atoms with Gasteiger partial charge in [-0.3, -0.25) is 4.79 Å². The van der Waals surface area contributed by atoms with Crippen LogP contribution in [0, 0.1) is 20.8 Å². The van der Waals surface area contributed by atoms with Gasteiger partial charge in [-0.05, 0) is 38.3 Å². The van der Waals surface area contributed by atoms with Gasteiger partial charge in [-0.1, -0.05) is 17.7 Å². The smallest absolute Gasteiger partial charge is 0.221 e. The standard InChI is InChI=1S/C16H26N2O2/c1-12-10-13(2)16(14(3)11-12)18-8-6-15(19)17-7-5-9-20-4/h10-11,18H,5-9H2,1-4H3,(H,17,19). The molecule has 1 rings (SSSR count). The molecule has 4 heteroatoms. The van der Waals surface area contributed by atoms with E-state index < -0.39 is 0 Å². The van der Waals surface area contributed by atoms with E-state index >= 15 is 0 Å². The molecule has 1 amide bonds. The molecule has 1 aromatic rings. The second-order valence-corrected chi connectivity index (χ2v) is 5.15. The van der Waals surface area contributed by atoms with Gasteiger partial charge in [0.1, 0.15) is 0 Å². The summed E-state index contributed by atoms with van der Waals surface area (Å²) in [6, 6.07) is 4.31. The lowest BCUT2D eigenvalue weighted by Gasteiger charge is -2.13. The molecular formula is C16H26N2O2. The maximum absolute atomic E-state index is 11.6. The molecular weight excluding hydrogens is 252 g/mol. The highest BCUT2D eigenvalue weighted by atomic mass is 16.5. The molecule has 0 spiro atoms. The van der Waals surface area contributed by atoms with E-state index in [9.17, 15) is 4.79 Å². The van der Waals surface area contributed by atoms with Gasteiger partial charge in [0.15, 0.2) is 0 Å². The Hall–Kier alpha value is -1.55. The summed E-state index contributed by atoms with van der Waals surface area (Å²) in [7, 11) is 1.66. The van der Waals surface area contributed by atoms with Gasteiger partial charge in [0.25, 0.3) is 0 Å². The molecule has 0 unspecified atom stereocenters. The van der Waals surface area contributed by atoms with Crippen molar-refractivity contribution in [1.82, 2.24) is 5.32 Å². The number of rotatable bonds is 8. The Morgan fingerprint density at radius 1 is 1.15 bits per heavy atom. The SMILES string of the molecule is COCCCNC(=O)CCNc1c(C)cc(C)cc1C. The van der Waals surface area contributed by atoms with E-state index in [0.717, 1.165) is 12.1 Å². The van der Waals surface area contributed by atoms with Crippen molar-refractivity contribution in [3.63, 3.8) is 0 Å². The minimum Gasteiger partial charge on any atom is -0.385 e. The third kappa shape index (κ3) is 5.61. The highest BCUT2D eigenvalue weighted by molar-refractivity contribution is 5.76. The summed E-state index contributed by atoms with van der Waals surface area (Å²) in [6.45, 7) is 8.29. The van der Waals surface area contributed by atoms with Crippen molar-refractivity contribution in [2.75, 3.05) is 32.1 Å². The molecule has 112 valence electrons. The molecule has 0 atom stereocenters. The Morgan fingerprint density at radius 2 is 1.80 bits per heavy atom. The third-order valence-electron chi connectivity index (χ3n) is 3.18. The van der Waals surface area contributed by atoms with Crippen LogP contribution in [0.2, 0.25) is 0 Å². The minimum atomic E-state index is 0.0796. The summed E-state index contributed by atoms with van der Waals surface area (Å²) in [4.78, 5) is 11.6. The van der Waals surface area contributed by atoms with Gasteiger partial charge in [-0.2, -0.15) is 0 Å². The fourth-order valence-electron chi connectivity index (χ4n) is 2.29. The van der Waals surface area contributed by atoms with Crippen molar-refractivity contribution in [2.45, 2.75) is 33.6 Å². The number of amides is 1. The van der Waals surface area contributed by atoms with E-state index in [-0.39, 0.29) is 5.91 Å². The number of hydrogen-bond acceptors (Lipinski definition) is 3. The Morgan fingerprint density at radius 3 is 2.40 bits per heavy atom. The van der Waals surface area contributed by atoms with Gasteiger partial charge in [0, 0.05) is 38.9 Å². The van der Waals surface area contributed by atoms with Crippen LogP contribution in [0.15, 0.2) is 12.1 Å². The lowest BCUT2D eigenvalue weighted by Crippen LogP contribution is -2.27. The number of carbonyl (C=O) groups excluding carboxylic acids is 1. The van der Waals surface area contributed by atoms with E-state index in [4.69, 9.17) is 4.74 Å². The molecule has 0 heterocycles. The van der Waals surface area contributed by atoms with Crippen molar-refractivity contribution in [3.8, 4) is 0 Å². The summed E-state index contributed by atoms with van der Waals surface area (Å²) < 4.78 is 4.93. The average Bonchev–Trinajstić information content (AvgIpc) is 2.37. The van der Waals surface area contributed by atoms with Crippen LogP contribution in [0.4, 0.5) is 5.69 Å². The molecule has 0 aliphatic carbocycles. The van der Waals surface area contributed by atoms with Crippen LogP contribution in [-0.4, -0.2) is 32.7 Å². The van der Waals surface area contributed by atoms with Crippen LogP contribution >= 0.6 is 0 Å². The van der Waals surface area contributed by atoms with Crippen molar-refractivity contribution < 1.29 is 9.53 Å². The van der Waals surface area contributed by atoms with Gasteiger partial charge in [0.05, 0.1) is 0 Å². The Kier molecular flexibility index (Phi) is 7.09. The van der Waals surface area contributed by atoms with Gasteiger partial charge in [-0.25, -0.2) is 0 Å². The van der Waals surface area contributed by atoms with Crippen molar-refractivity contribution in [2.24, 2.45) is 0 Å². The monoisotopic (exact) mass is 278 g/mol. The number of nitrogens with one attached hydrogen (secondary N) is 2. The third-order valence-corrected chi connectivity index (χ3v) is 3.18. The average molecular weight is 278 g/mol. The zero-order valence-electron chi connectivity index (χ0n) is 13.0. The first-order chi connectivity index (χ1) is 9.54. The highest BCUT2D eigenvalue weighted by Gasteiger charge is 2.05. The predicted octanol–water partition coefficient (Wildman–Crippen LogP) is 2.57. The first-order valence-corrected chi connectivity index (χ1v) is 7.12. The van der Waals surface area contributed by atoms with E-state index in [2.05, 4.69) is 43.5 Å². The predicted molar refractivity (Wildman–Crippen MR) is 83.3 cm³/mol. The van der Waals surface area contributed by atoms with Gasteiger partial charge in [0.2, 0.25) is 5.91 Å². The molecule has 0 saturated carbocycles. The molecule has 2 N–H and O–H groups in total. The van der Waals surface area contributed by atoms with E-state index in [1.807, 2.05) is 0 Å². The molecule has 0 aliphatic rings. The van der Waals surface area contributed by atoms with E-state index in [1.54, 1.807) is 7.11 Å². The fourth-order valence-corrected chi connectivity index (χ4v) is 2.29. The normalized spacial score (nSPS) is 10.4. The number of benzene rings is 1. The number of anilines is 1. The lowest BCUT2D eigenvalue weighted by molar-refractivity contribution is -0.120. The molecule has 0 saturated heterocycles. The number of hydrogen-bond donors (Lipinski definition) is 2. The summed E-state index contributed by atoms with van der Waals surface area (Å²) >= 11 is 0. The second kappa shape index (κ2) is 8.59. The summed E-state index contributed by atoms with van der Waals surface area (Å²) in [6.07, 6.45) is 1.34. The molecule has 0 aliphatic heterocycles. The zero-order chi connectivity index (χ0) is 15.0. The maximum Gasteiger partial charge on any atom is 0.221 e. The van der Waals surface area contributed by atoms with Crippen molar-refractivity contribution in [3.05, 3.63) is 28.8 Å². The zero-order valence-corrected chi connectivity index (χ0v) is 13.0. The lowest BCUT2D eigenvalue weighted by atomic mass is 10.1. The number of methoxy groups -OCH3 is 1. The Labute approximate surface area is 121 Å². The number of ether oxygens (including phenoxy) is 1. The molecule has 1 aromatic carbocycles. The highest BCUT2D eigenvalue weighted by Crippen LogP contribution is 2.21. The van der Waals surface area contributed by atoms with E-state index in [0.29, 0.717) is 26.1 Å². The Balaban J connectivity index is 2.32. The molecule has 4 nitrogen and oxygen atoms in total. The molecule has 20 heavy (non-hydrogen) atoms. The molecule has 0 radical (unpaired) electrons. The summed E-state index contributed by atoms with van der Waals surface area (Å²) in [5, 5.41) is 6.24. The largest absolute Gasteiger partial charge is 0.385 e. The van der Waals surface area contributed by atoms with Crippen LogP contribution < -0.4 is 10.6 Å². The van der Waals surface area contributed by atoms with Crippen LogP contribution in [0.3, 0.4) is 0 Å². The van der Waals surface area contributed by atoms with Crippen molar-refractivity contribution >= 4 is 11.6 Å². The summed E-state index contributed by atoms with van der Waals surface area (Å²) in [5.74, 6) is 0.0796. The van der Waals surface area contributed by atoms with Gasteiger partial charge in [-0.15, -0.1) is 0 Å². The maximum atomic E-state index is 11.6. The van der Waals surface area contributed by atoms with Gasteiger partial charge >= 0.3 is 0 Å². The van der Waals surface area contributed by atoms with Crippen molar-refractivity contribution in [1.29, 1.82) is 0 Å². The van der Waals surface area contributed by atoms with Crippen LogP contribution in [0.25, 0.3) is 0 Å².